The van der Waals surface area contributed by atoms with Crippen molar-refractivity contribution in [3.05, 3.63) is 66.0 Å². The second kappa shape index (κ2) is 7.63. The lowest BCUT2D eigenvalue weighted by molar-refractivity contribution is 0.299. The molecule has 0 aliphatic heterocycles. The summed E-state index contributed by atoms with van der Waals surface area (Å²) in [5.41, 5.74) is 16.0. The molecule has 0 amide bonds. The third-order valence-corrected chi connectivity index (χ3v) is 4.61. The first-order valence-corrected chi connectivity index (χ1v) is 9.09. The summed E-state index contributed by atoms with van der Waals surface area (Å²) in [6.07, 6.45) is 1.75. The predicted molar refractivity (Wildman–Crippen MR) is 114 cm³/mol. The number of ether oxygens (including phenoxy) is 2. The van der Waals surface area contributed by atoms with Gasteiger partial charge in [-0.3, -0.25) is 4.98 Å². The Balaban J connectivity index is 1.65. The van der Waals surface area contributed by atoms with Crippen molar-refractivity contribution in [3.63, 3.8) is 0 Å². The molecule has 0 radical (unpaired) electrons. The van der Waals surface area contributed by atoms with Crippen LogP contribution in [0.3, 0.4) is 0 Å². The molecule has 29 heavy (non-hydrogen) atoms. The minimum Gasteiger partial charge on any atom is -0.495 e. The third-order valence-electron chi connectivity index (χ3n) is 4.61. The summed E-state index contributed by atoms with van der Waals surface area (Å²) in [7, 11) is 1.57. The number of anilines is 2. The van der Waals surface area contributed by atoms with E-state index in [9.17, 15) is 0 Å². The van der Waals surface area contributed by atoms with E-state index in [1.807, 2.05) is 43.3 Å². The fourth-order valence-corrected chi connectivity index (χ4v) is 3.09. The number of pyridine rings is 1. The van der Waals surface area contributed by atoms with Crippen LogP contribution in [0.2, 0.25) is 0 Å². The van der Waals surface area contributed by atoms with Crippen LogP contribution in [0.15, 0.2) is 54.7 Å². The molecular weight excluding hydrogens is 366 g/mol. The van der Waals surface area contributed by atoms with Crippen molar-refractivity contribution in [1.29, 1.82) is 0 Å². The molecule has 0 fully saturated rings. The van der Waals surface area contributed by atoms with Crippen LogP contribution in [-0.4, -0.2) is 22.1 Å². The molecule has 4 N–H and O–H groups in total. The zero-order chi connectivity index (χ0) is 20.4. The number of nitrogens with two attached hydrogens (primary N) is 2. The molecule has 0 saturated carbocycles. The maximum atomic E-state index is 6.16. The number of methoxy groups -OCH3 is 1. The molecule has 4 aromatic rings. The number of aromatic nitrogens is 3. The van der Waals surface area contributed by atoms with Gasteiger partial charge in [-0.25, -0.2) is 9.97 Å². The second-order valence-electron chi connectivity index (χ2n) is 6.63. The Labute approximate surface area is 168 Å². The summed E-state index contributed by atoms with van der Waals surface area (Å²) in [5.74, 6) is 2.23. The maximum Gasteiger partial charge on any atom is 0.162 e. The van der Waals surface area contributed by atoms with Gasteiger partial charge in [0.15, 0.2) is 5.82 Å². The van der Waals surface area contributed by atoms with E-state index in [4.69, 9.17) is 20.9 Å². The molecule has 2 aromatic carbocycles. The lowest BCUT2D eigenvalue weighted by Crippen LogP contribution is -2.01. The molecule has 0 unspecified atom stereocenters. The molecule has 2 heterocycles. The fourth-order valence-electron chi connectivity index (χ4n) is 3.09. The van der Waals surface area contributed by atoms with Crippen LogP contribution in [0.5, 0.6) is 11.5 Å². The smallest absolute Gasteiger partial charge is 0.162 e. The highest BCUT2D eigenvalue weighted by Gasteiger charge is 2.12. The Bertz CT molecular complexity index is 1180. The van der Waals surface area contributed by atoms with Gasteiger partial charge in [-0.05, 0) is 48.9 Å². The number of benzene rings is 2. The standard InChI is InChI=1S/C22H21N5O2/c1-13-9-14(6-7-19(13)29-12-15-5-3-4-8-25-15)22-26-18-11-20(28-2)17(23)10-16(18)21(24)27-22/h3-11H,12,23H2,1-2H3,(H2,24,26,27). The van der Waals surface area contributed by atoms with Crippen molar-refractivity contribution in [3.8, 4) is 22.9 Å². The summed E-state index contributed by atoms with van der Waals surface area (Å²) in [6.45, 7) is 2.38. The van der Waals surface area contributed by atoms with Gasteiger partial charge in [-0.2, -0.15) is 0 Å². The highest BCUT2D eigenvalue weighted by Crippen LogP contribution is 2.32. The zero-order valence-electron chi connectivity index (χ0n) is 16.2. The van der Waals surface area contributed by atoms with Gasteiger partial charge in [0.05, 0.1) is 24.0 Å². The van der Waals surface area contributed by atoms with E-state index in [1.165, 1.54) is 0 Å². The summed E-state index contributed by atoms with van der Waals surface area (Å²) < 4.78 is 11.2. The summed E-state index contributed by atoms with van der Waals surface area (Å²) in [6, 6.07) is 15.0. The van der Waals surface area contributed by atoms with E-state index < -0.39 is 0 Å². The lowest BCUT2D eigenvalue weighted by Gasteiger charge is -2.12. The van der Waals surface area contributed by atoms with E-state index in [1.54, 1.807) is 25.4 Å². The van der Waals surface area contributed by atoms with Gasteiger partial charge < -0.3 is 20.9 Å². The first-order valence-electron chi connectivity index (χ1n) is 9.09. The van der Waals surface area contributed by atoms with E-state index in [0.717, 1.165) is 22.6 Å². The van der Waals surface area contributed by atoms with Crippen molar-refractivity contribution < 1.29 is 9.47 Å². The van der Waals surface area contributed by atoms with Gasteiger partial charge >= 0.3 is 0 Å². The molecule has 0 saturated heterocycles. The average Bonchev–Trinajstić information content (AvgIpc) is 2.73. The van der Waals surface area contributed by atoms with Crippen LogP contribution >= 0.6 is 0 Å². The van der Waals surface area contributed by atoms with E-state index >= 15 is 0 Å². The maximum absolute atomic E-state index is 6.16. The molecule has 146 valence electrons. The zero-order valence-corrected chi connectivity index (χ0v) is 16.2. The largest absolute Gasteiger partial charge is 0.495 e. The molecule has 0 aliphatic rings. The van der Waals surface area contributed by atoms with Crippen molar-refractivity contribution in [2.24, 2.45) is 0 Å². The van der Waals surface area contributed by atoms with Crippen molar-refractivity contribution >= 4 is 22.4 Å². The normalized spacial score (nSPS) is 10.8. The van der Waals surface area contributed by atoms with Crippen LogP contribution in [0.4, 0.5) is 11.5 Å². The van der Waals surface area contributed by atoms with Crippen molar-refractivity contribution in [1.82, 2.24) is 15.0 Å². The quantitative estimate of drug-likeness (QED) is 0.502. The molecule has 0 aliphatic carbocycles. The number of hydrogen-bond acceptors (Lipinski definition) is 7. The Morgan fingerprint density at radius 1 is 0.966 bits per heavy atom. The monoisotopic (exact) mass is 387 g/mol. The molecule has 0 bridgehead atoms. The molecule has 7 heteroatoms. The third kappa shape index (κ3) is 3.75. The van der Waals surface area contributed by atoms with Crippen molar-refractivity contribution in [2.45, 2.75) is 13.5 Å². The molecule has 4 rings (SSSR count). The Morgan fingerprint density at radius 3 is 2.55 bits per heavy atom. The number of fused-ring (bicyclic) bond motifs is 1. The average molecular weight is 387 g/mol. The lowest BCUT2D eigenvalue weighted by atomic mass is 10.1. The minimum atomic E-state index is 0.368. The fraction of sp³-hybridized carbons (Fsp3) is 0.136. The van der Waals surface area contributed by atoms with Gasteiger partial charge in [-0.15, -0.1) is 0 Å². The number of nitrogens with zero attached hydrogens (tertiary/aromatic N) is 3. The van der Waals surface area contributed by atoms with Crippen LogP contribution in [0.25, 0.3) is 22.3 Å². The Kier molecular flexibility index (Phi) is 4.87. The van der Waals surface area contributed by atoms with E-state index in [-0.39, 0.29) is 0 Å². The highest BCUT2D eigenvalue weighted by molar-refractivity contribution is 5.93. The minimum absolute atomic E-state index is 0.368. The first kappa shape index (κ1) is 18.5. The topological polar surface area (TPSA) is 109 Å². The highest BCUT2D eigenvalue weighted by atomic mass is 16.5. The summed E-state index contributed by atoms with van der Waals surface area (Å²) >= 11 is 0. The number of nitrogen functional groups attached to an aromatic ring is 2. The van der Waals surface area contributed by atoms with Gasteiger partial charge in [0, 0.05) is 23.2 Å². The van der Waals surface area contributed by atoms with Crippen LogP contribution in [0.1, 0.15) is 11.3 Å². The molecule has 0 spiro atoms. The Hall–Kier alpha value is -3.87. The van der Waals surface area contributed by atoms with Gasteiger partial charge in [0.1, 0.15) is 23.9 Å². The second-order valence-corrected chi connectivity index (χ2v) is 6.63. The van der Waals surface area contributed by atoms with Gasteiger partial charge in [0.2, 0.25) is 0 Å². The number of rotatable bonds is 5. The molecular formula is C22H21N5O2. The first-order chi connectivity index (χ1) is 14.0. The molecule has 7 nitrogen and oxygen atoms in total. The number of hydrogen-bond donors (Lipinski definition) is 2. The SMILES string of the molecule is COc1cc2nc(-c3ccc(OCc4ccccn4)c(C)c3)nc(N)c2cc1N. The molecule has 0 atom stereocenters. The Morgan fingerprint density at radius 2 is 1.83 bits per heavy atom. The van der Waals surface area contributed by atoms with E-state index in [2.05, 4.69) is 15.0 Å². The van der Waals surface area contributed by atoms with Gasteiger partial charge in [0.25, 0.3) is 0 Å². The predicted octanol–water partition coefficient (Wildman–Crippen LogP) is 3.75. The van der Waals surface area contributed by atoms with Crippen LogP contribution in [0, 0.1) is 6.92 Å². The number of aryl methyl sites for hydroxylation is 1. The summed E-state index contributed by atoms with van der Waals surface area (Å²) in [4.78, 5) is 13.4. The molecule has 2 aromatic heterocycles. The van der Waals surface area contributed by atoms with Crippen molar-refractivity contribution in [2.75, 3.05) is 18.6 Å². The van der Waals surface area contributed by atoms with E-state index in [0.29, 0.717) is 40.6 Å². The summed E-state index contributed by atoms with van der Waals surface area (Å²) in [5, 5.41) is 0.694. The van der Waals surface area contributed by atoms with Crippen LogP contribution < -0.4 is 20.9 Å². The van der Waals surface area contributed by atoms with Crippen LogP contribution in [-0.2, 0) is 6.61 Å². The van der Waals surface area contributed by atoms with Gasteiger partial charge in [-0.1, -0.05) is 6.07 Å².